The Morgan fingerprint density at radius 3 is 2.90 bits per heavy atom. The number of hydrogen-bond acceptors (Lipinski definition) is 4. The number of fused-ring (bicyclic) bond motifs is 1. The Morgan fingerprint density at radius 1 is 1.35 bits per heavy atom. The van der Waals surface area contributed by atoms with Crippen LogP contribution >= 0.6 is 11.3 Å². The van der Waals surface area contributed by atoms with Crippen molar-refractivity contribution in [1.29, 1.82) is 0 Å². The van der Waals surface area contributed by atoms with Crippen LogP contribution in [0.3, 0.4) is 0 Å². The maximum absolute atomic E-state index is 5.85. The number of aromatic nitrogens is 3. The highest BCUT2D eigenvalue weighted by Crippen LogP contribution is 2.24. The zero-order valence-corrected chi connectivity index (χ0v) is 12.5. The van der Waals surface area contributed by atoms with Crippen molar-refractivity contribution in [3.8, 4) is 0 Å². The van der Waals surface area contributed by atoms with Crippen LogP contribution in [0, 0.1) is 0 Å². The SMILES string of the molecule is CC(C)c1nc2cc(N)ccc2n1CCc1cscn1. The fourth-order valence-electron chi connectivity index (χ4n) is 2.43. The van der Waals surface area contributed by atoms with Gasteiger partial charge in [-0.25, -0.2) is 9.97 Å². The molecule has 2 N–H and O–H groups in total. The average Bonchev–Trinajstić information content (AvgIpc) is 3.02. The summed E-state index contributed by atoms with van der Waals surface area (Å²) in [6.45, 7) is 5.24. The van der Waals surface area contributed by atoms with E-state index in [1.807, 2.05) is 17.6 Å². The maximum Gasteiger partial charge on any atom is 0.112 e. The lowest BCUT2D eigenvalue weighted by Crippen LogP contribution is -2.07. The van der Waals surface area contributed by atoms with Gasteiger partial charge in [0.2, 0.25) is 0 Å². The van der Waals surface area contributed by atoms with Crippen molar-refractivity contribution in [3.05, 3.63) is 40.6 Å². The van der Waals surface area contributed by atoms with E-state index in [9.17, 15) is 0 Å². The van der Waals surface area contributed by atoms with Crippen LogP contribution in [0.2, 0.25) is 0 Å². The number of nitrogens with zero attached hydrogens (tertiary/aromatic N) is 3. The molecule has 0 amide bonds. The first-order chi connectivity index (χ1) is 9.65. The number of hydrogen-bond donors (Lipinski definition) is 1. The Kier molecular flexibility index (Phi) is 3.44. The molecule has 3 rings (SSSR count). The van der Waals surface area contributed by atoms with Gasteiger partial charge in [0.05, 0.1) is 22.2 Å². The number of benzene rings is 1. The van der Waals surface area contributed by atoms with Crippen LogP contribution in [0.4, 0.5) is 5.69 Å². The minimum atomic E-state index is 0.388. The number of rotatable bonds is 4. The highest BCUT2D eigenvalue weighted by Gasteiger charge is 2.13. The molecule has 3 aromatic rings. The first-order valence-corrected chi connectivity index (χ1v) is 7.72. The molecule has 0 saturated carbocycles. The smallest absolute Gasteiger partial charge is 0.112 e. The molecule has 104 valence electrons. The van der Waals surface area contributed by atoms with E-state index in [1.54, 1.807) is 11.3 Å². The molecule has 2 heterocycles. The Morgan fingerprint density at radius 2 is 2.20 bits per heavy atom. The molecule has 4 nitrogen and oxygen atoms in total. The molecule has 0 atom stereocenters. The number of nitrogen functional groups attached to an aromatic ring is 1. The van der Waals surface area contributed by atoms with Crippen molar-refractivity contribution in [2.75, 3.05) is 5.73 Å². The summed E-state index contributed by atoms with van der Waals surface area (Å²) in [5.41, 5.74) is 11.8. The van der Waals surface area contributed by atoms with E-state index >= 15 is 0 Å². The van der Waals surface area contributed by atoms with Gasteiger partial charge >= 0.3 is 0 Å². The lowest BCUT2D eigenvalue weighted by Gasteiger charge is -2.10. The van der Waals surface area contributed by atoms with Gasteiger partial charge in [0.1, 0.15) is 5.82 Å². The largest absolute Gasteiger partial charge is 0.399 e. The van der Waals surface area contributed by atoms with Crippen LogP contribution < -0.4 is 5.73 Å². The number of aryl methyl sites for hydroxylation is 2. The fourth-order valence-corrected chi connectivity index (χ4v) is 3.02. The van der Waals surface area contributed by atoms with Crippen LogP contribution in [-0.4, -0.2) is 14.5 Å². The molecule has 0 fully saturated rings. The maximum atomic E-state index is 5.85. The van der Waals surface area contributed by atoms with Gasteiger partial charge in [-0.3, -0.25) is 0 Å². The monoisotopic (exact) mass is 286 g/mol. The predicted octanol–water partition coefficient (Wildman–Crippen LogP) is 3.44. The third-order valence-corrected chi connectivity index (χ3v) is 4.03. The van der Waals surface area contributed by atoms with E-state index in [1.165, 1.54) is 0 Å². The first-order valence-electron chi connectivity index (χ1n) is 6.78. The molecular formula is C15H18N4S. The number of thiazole rings is 1. The zero-order chi connectivity index (χ0) is 14.1. The number of nitrogens with two attached hydrogens (primary N) is 1. The fraction of sp³-hybridized carbons (Fsp3) is 0.333. The van der Waals surface area contributed by atoms with Gasteiger partial charge < -0.3 is 10.3 Å². The normalized spacial score (nSPS) is 11.6. The third-order valence-electron chi connectivity index (χ3n) is 3.39. The molecule has 20 heavy (non-hydrogen) atoms. The molecule has 0 aliphatic rings. The third kappa shape index (κ3) is 2.41. The summed E-state index contributed by atoms with van der Waals surface area (Å²) in [7, 11) is 0. The summed E-state index contributed by atoms with van der Waals surface area (Å²) < 4.78 is 2.29. The van der Waals surface area contributed by atoms with Crippen LogP contribution in [0.1, 0.15) is 31.3 Å². The van der Waals surface area contributed by atoms with Crippen LogP contribution in [-0.2, 0) is 13.0 Å². The van der Waals surface area contributed by atoms with Gasteiger partial charge in [-0.1, -0.05) is 13.8 Å². The van der Waals surface area contributed by atoms with Crippen LogP contribution in [0.15, 0.2) is 29.1 Å². The van der Waals surface area contributed by atoms with Crippen molar-refractivity contribution in [1.82, 2.24) is 14.5 Å². The molecule has 5 heteroatoms. The average molecular weight is 286 g/mol. The lowest BCUT2D eigenvalue weighted by molar-refractivity contribution is 0.630. The van der Waals surface area contributed by atoms with E-state index in [-0.39, 0.29) is 0 Å². The summed E-state index contributed by atoms with van der Waals surface area (Å²) in [6, 6.07) is 5.94. The Balaban J connectivity index is 2.00. The highest BCUT2D eigenvalue weighted by molar-refractivity contribution is 7.07. The number of imidazole rings is 1. The van der Waals surface area contributed by atoms with Crippen molar-refractivity contribution in [2.24, 2.45) is 0 Å². The molecule has 0 bridgehead atoms. The summed E-state index contributed by atoms with van der Waals surface area (Å²) >= 11 is 1.64. The predicted molar refractivity (Wildman–Crippen MR) is 84.1 cm³/mol. The molecule has 1 aromatic carbocycles. The van der Waals surface area contributed by atoms with Crippen molar-refractivity contribution in [3.63, 3.8) is 0 Å². The van der Waals surface area contributed by atoms with E-state index in [0.29, 0.717) is 5.92 Å². The summed E-state index contributed by atoms with van der Waals surface area (Å²) in [5, 5.41) is 2.10. The Labute approximate surface area is 122 Å². The van der Waals surface area contributed by atoms with E-state index in [2.05, 4.69) is 34.8 Å². The summed E-state index contributed by atoms with van der Waals surface area (Å²) in [5.74, 6) is 1.50. The molecule has 0 aliphatic carbocycles. The quantitative estimate of drug-likeness (QED) is 0.747. The van der Waals surface area contributed by atoms with Crippen LogP contribution in [0.25, 0.3) is 11.0 Å². The van der Waals surface area contributed by atoms with Crippen molar-refractivity contribution >= 4 is 28.1 Å². The second-order valence-electron chi connectivity index (χ2n) is 5.25. The molecule has 0 aliphatic heterocycles. The van der Waals surface area contributed by atoms with E-state index in [0.717, 1.165) is 41.2 Å². The van der Waals surface area contributed by atoms with Gasteiger partial charge in [0, 0.05) is 30.0 Å². The Hall–Kier alpha value is -1.88. The van der Waals surface area contributed by atoms with Gasteiger partial charge in [-0.15, -0.1) is 11.3 Å². The number of anilines is 1. The zero-order valence-electron chi connectivity index (χ0n) is 11.7. The van der Waals surface area contributed by atoms with E-state index in [4.69, 9.17) is 10.7 Å². The molecular weight excluding hydrogens is 268 g/mol. The minimum Gasteiger partial charge on any atom is -0.399 e. The van der Waals surface area contributed by atoms with Crippen molar-refractivity contribution < 1.29 is 0 Å². The molecule has 0 radical (unpaired) electrons. The van der Waals surface area contributed by atoms with Crippen molar-refractivity contribution in [2.45, 2.75) is 32.7 Å². The van der Waals surface area contributed by atoms with Gasteiger partial charge in [-0.05, 0) is 18.2 Å². The summed E-state index contributed by atoms with van der Waals surface area (Å²) in [6.07, 6.45) is 0.930. The molecule has 2 aromatic heterocycles. The molecule has 0 saturated heterocycles. The van der Waals surface area contributed by atoms with E-state index < -0.39 is 0 Å². The second-order valence-corrected chi connectivity index (χ2v) is 5.97. The lowest BCUT2D eigenvalue weighted by atomic mass is 10.2. The standard InChI is InChI=1S/C15H18N4S/c1-10(2)15-18-13-7-11(16)3-4-14(13)19(15)6-5-12-8-20-9-17-12/h3-4,7-10H,5-6,16H2,1-2H3. The minimum absolute atomic E-state index is 0.388. The molecule has 0 unspecified atom stereocenters. The van der Waals surface area contributed by atoms with Gasteiger partial charge in [0.25, 0.3) is 0 Å². The van der Waals surface area contributed by atoms with Crippen LogP contribution in [0.5, 0.6) is 0 Å². The molecule has 0 spiro atoms. The second kappa shape index (κ2) is 5.25. The Bertz CT molecular complexity index is 713. The summed E-state index contributed by atoms with van der Waals surface area (Å²) in [4.78, 5) is 9.09. The van der Waals surface area contributed by atoms with Gasteiger partial charge in [-0.2, -0.15) is 0 Å². The topological polar surface area (TPSA) is 56.7 Å². The first kappa shape index (κ1) is 13.1. The highest BCUT2D eigenvalue weighted by atomic mass is 32.1. The van der Waals surface area contributed by atoms with Gasteiger partial charge in [0.15, 0.2) is 0 Å².